The molecule has 0 bridgehead atoms. The lowest BCUT2D eigenvalue weighted by Crippen LogP contribution is -2.06. The van der Waals surface area contributed by atoms with E-state index in [0.717, 1.165) is 6.26 Å². The molecular formula is C8H5F4OS-. The van der Waals surface area contributed by atoms with E-state index >= 15 is 0 Å². The van der Waals surface area contributed by atoms with Gasteiger partial charge in [0.1, 0.15) is 11.6 Å². The Hall–Kier alpha value is -1.04. The van der Waals surface area contributed by atoms with Crippen LogP contribution in [-0.4, -0.2) is 10.5 Å². The second-order valence-electron chi connectivity index (χ2n) is 2.52. The molecular weight excluding hydrogens is 220 g/mol. The monoisotopic (exact) mass is 225 g/mol. The molecule has 0 saturated carbocycles. The molecule has 1 nitrogen and oxygen atoms in total. The minimum atomic E-state index is -2.14. The molecule has 0 aliphatic heterocycles. The van der Waals surface area contributed by atoms with E-state index in [-0.39, 0.29) is 0 Å². The zero-order chi connectivity index (χ0) is 11.0. The lowest BCUT2D eigenvalue weighted by molar-refractivity contribution is 0.419. The van der Waals surface area contributed by atoms with E-state index < -0.39 is 44.5 Å². The first-order valence-electron chi connectivity index (χ1n) is 3.39. The molecule has 1 unspecified atom stereocenters. The van der Waals surface area contributed by atoms with Crippen molar-refractivity contribution in [2.24, 2.45) is 0 Å². The summed E-state index contributed by atoms with van der Waals surface area (Å²) in [7, 11) is -2.14. The van der Waals surface area contributed by atoms with E-state index in [0.29, 0.717) is 0 Å². The van der Waals surface area contributed by atoms with E-state index in [1.165, 1.54) is 0 Å². The number of hydrogen-bond acceptors (Lipinski definition) is 1. The Morgan fingerprint density at radius 1 is 1.00 bits per heavy atom. The molecule has 0 aliphatic rings. The van der Waals surface area contributed by atoms with Crippen molar-refractivity contribution < 1.29 is 21.8 Å². The zero-order valence-electron chi connectivity index (χ0n) is 7.04. The third-order valence-corrected chi connectivity index (χ3v) is 2.53. The summed E-state index contributed by atoms with van der Waals surface area (Å²) in [6, 6.07) is 0. The summed E-state index contributed by atoms with van der Waals surface area (Å²) in [6.07, 6.45) is 0.920. The van der Waals surface area contributed by atoms with Gasteiger partial charge in [-0.15, -0.1) is 5.56 Å². The first-order chi connectivity index (χ1) is 6.37. The first-order valence-corrected chi connectivity index (χ1v) is 4.95. The molecule has 1 aromatic carbocycles. The minimum absolute atomic E-state index is 0.920. The van der Waals surface area contributed by atoms with Gasteiger partial charge in [-0.2, -0.15) is 6.92 Å². The maximum absolute atomic E-state index is 12.9. The van der Waals surface area contributed by atoms with Gasteiger partial charge in [0.25, 0.3) is 0 Å². The Balaban J connectivity index is 3.68. The Morgan fingerprint density at radius 2 is 1.36 bits per heavy atom. The van der Waals surface area contributed by atoms with Gasteiger partial charge in [0.05, 0.1) is 27.3 Å². The molecule has 14 heavy (non-hydrogen) atoms. The van der Waals surface area contributed by atoms with Crippen molar-refractivity contribution in [2.45, 2.75) is 4.90 Å². The van der Waals surface area contributed by atoms with Crippen molar-refractivity contribution in [1.29, 1.82) is 0 Å². The third-order valence-electron chi connectivity index (χ3n) is 1.60. The fourth-order valence-corrected chi connectivity index (χ4v) is 1.59. The van der Waals surface area contributed by atoms with E-state index in [9.17, 15) is 21.8 Å². The molecule has 0 amide bonds. The lowest BCUT2D eigenvalue weighted by Gasteiger charge is -2.13. The van der Waals surface area contributed by atoms with E-state index in [4.69, 9.17) is 0 Å². The maximum atomic E-state index is 12.9. The molecule has 0 heterocycles. The molecule has 6 heteroatoms. The van der Waals surface area contributed by atoms with Gasteiger partial charge >= 0.3 is 0 Å². The van der Waals surface area contributed by atoms with Gasteiger partial charge in [0.2, 0.25) is 0 Å². The predicted octanol–water partition coefficient (Wildman–Crippen LogP) is 2.16. The topological polar surface area (TPSA) is 17.1 Å². The largest absolute Gasteiger partial charge is 0.280 e. The normalized spacial score (nSPS) is 12.9. The fraction of sp³-hybridized carbons (Fsp3) is 0.125. The van der Waals surface area contributed by atoms with Gasteiger partial charge in [0, 0.05) is 6.26 Å². The van der Waals surface area contributed by atoms with E-state index in [2.05, 4.69) is 6.92 Å². The number of halogens is 4. The summed E-state index contributed by atoms with van der Waals surface area (Å²) in [4.78, 5) is -1.10. The molecule has 0 aromatic heterocycles. The molecule has 0 saturated heterocycles. The first kappa shape index (κ1) is 11.0. The van der Waals surface area contributed by atoms with Crippen LogP contribution >= 0.6 is 0 Å². The smallest absolute Gasteiger partial charge is 0.121 e. The Kier molecular flexibility index (Phi) is 2.84. The number of hydrogen-bond donors (Lipinski definition) is 0. The number of benzene rings is 1. The highest BCUT2D eigenvalue weighted by atomic mass is 32.2. The van der Waals surface area contributed by atoms with Crippen LogP contribution in [0.4, 0.5) is 17.6 Å². The molecule has 0 N–H and O–H groups in total. The third kappa shape index (κ3) is 1.50. The Morgan fingerprint density at radius 3 is 1.64 bits per heavy atom. The van der Waals surface area contributed by atoms with Crippen molar-refractivity contribution in [3.63, 3.8) is 0 Å². The average Bonchev–Trinajstić information content (AvgIpc) is 2.11. The highest BCUT2D eigenvalue weighted by Crippen LogP contribution is 2.25. The quantitative estimate of drug-likeness (QED) is 0.406. The van der Waals surface area contributed by atoms with Crippen molar-refractivity contribution in [2.75, 3.05) is 6.26 Å². The predicted molar refractivity (Wildman–Crippen MR) is 43.1 cm³/mol. The summed E-state index contributed by atoms with van der Waals surface area (Å²) >= 11 is 0. The molecule has 78 valence electrons. The van der Waals surface area contributed by atoms with Crippen LogP contribution in [0.5, 0.6) is 0 Å². The molecule has 0 aliphatic carbocycles. The second kappa shape index (κ2) is 3.61. The zero-order valence-corrected chi connectivity index (χ0v) is 7.85. The standard InChI is InChI=1S/C8H5F4OS/c1-3-4(9)6(11)8(14(2)13)7(12)5(3)10/h1H2,2H3/q-1. The molecule has 1 atom stereocenters. The van der Waals surface area contributed by atoms with Crippen LogP contribution in [0.25, 0.3) is 0 Å². The molecule has 0 fully saturated rings. The van der Waals surface area contributed by atoms with Crippen molar-refractivity contribution in [3.05, 3.63) is 35.8 Å². The van der Waals surface area contributed by atoms with Crippen LogP contribution in [0.15, 0.2) is 4.90 Å². The molecule has 1 rings (SSSR count). The van der Waals surface area contributed by atoms with Gasteiger partial charge in [-0.1, -0.05) is 0 Å². The van der Waals surface area contributed by atoms with Crippen LogP contribution in [0, 0.1) is 30.2 Å². The second-order valence-corrected chi connectivity index (χ2v) is 3.83. The van der Waals surface area contributed by atoms with Crippen molar-refractivity contribution in [1.82, 2.24) is 0 Å². The summed E-state index contributed by atoms with van der Waals surface area (Å²) in [5.41, 5.74) is -1.01. The van der Waals surface area contributed by atoms with Crippen LogP contribution in [0.1, 0.15) is 5.56 Å². The van der Waals surface area contributed by atoms with E-state index in [1.54, 1.807) is 0 Å². The van der Waals surface area contributed by atoms with Gasteiger partial charge in [-0.05, 0) is 0 Å². The molecule has 0 spiro atoms. The minimum Gasteiger partial charge on any atom is -0.280 e. The summed E-state index contributed by atoms with van der Waals surface area (Å²) in [5, 5.41) is 0. The fourth-order valence-electron chi connectivity index (χ4n) is 0.909. The molecule has 1 aromatic rings. The van der Waals surface area contributed by atoms with Crippen LogP contribution in [-0.2, 0) is 10.8 Å². The van der Waals surface area contributed by atoms with Crippen molar-refractivity contribution >= 4 is 10.8 Å². The number of rotatable bonds is 1. The Labute approximate surface area is 80.2 Å². The average molecular weight is 225 g/mol. The SMILES string of the molecule is [CH2-]c1c(F)c(F)c(S(C)=O)c(F)c1F. The van der Waals surface area contributed by atoms with E-state index in [1.807, 2.05) is 0 Å². The van der Waals surface area contributed by atoms with Crippen LogP contribution in [0.3, 0.4) is 0 Å². The Bertz CT molecular complexity index is 387. The summed E-state index contributed by atoms with van der Waals surface area (Å²) in [5.74, 6) is -6.55. The van der Waals surface area contributed by atoms with Gasteiger partial charge in [-0.25, -0.2) is 8.78 Å². The highest BCUT2D eigenvalue weighted by molar-refractivity contribution is 7.84. The van der Waals surface area contributed by atoms with Gasteiger partial charge in [-0.3, -0.25) is 13.0 Å². The summed E-state index contributed by atoms with van der Waals surface area (Å²) in [6.45, 7) is 2.81. The summed E-state index contributed by atoms with van der Waals surface area (Å²) < 4.78 is 62.3. The van der Waals surface area contributed by atoms with Gasteiger partial charge < -0.3 is 0 Å². The lowest BCUT2D eigenvalue weighted by atomic mass is 10.2. The van der Waals surface area contributed by atoms with Crippen LogP contribution in [0.2, 0.25) is 0 Å². The maximum Gasteiger partial charge on any atom is 0.121 e. The van der Waals surface area contributed by atoms with Crippen molar-refractivity contribution in [3.8, 4) is 0 Å². The van der Waals surface area contributed by atoms with Gasteiger partial charge in [0.15, 0.2) is 0 Å². The highest BCUT2D eigenvalue weighted by Gasteiger charge is 2.18. The molecule has 0 radical (unpaired) electrons. The van der Waals surface area contributed by atoms with Crippen LogP contribution < -0.4 is 0 Å².